The van der Waals surface area contributed by atoms with Crippen LogP contribution in [0.15, 0.2) is 36.5 Å². The average molecular weight is 222 g/mol. The van der Waals surface area contributed by atoms with Crippen molar-refractivity contribution in [2.75, 3.05) is 11.0 Å². The van der Waals surface area contributed by atoms with Gasteiger partial charge in [0.05, 0.1) is 11.8 Å². The molecule has 1 aromatic carbocycles. The van der Waals surface area contributed by atoms with Gasteiger partial charge < -0.3 is 0 Å². The van der Waals surface area contributed by atoms with E-state index in [1.807, 2.05) is 12.1 Å². The highest BCUT2D eigenvalue weighted by molar-refractivity contribution is 7.92. The Morgan fingerprint density at radius 2 is 2.07 bits per heavy atom. The number of pyridine rings is 1. The lowest BCUT2D eigenvalue weighted by Gasteiger charge is -2.04. The number of rotatable bonds is 2. The average Bonchev–Trinajstić information content (AvgIpc) is 2.15. The Morgan fingerprint density at radius 1 is 1.27 bits per heavy atom. The maximum atomic E-state index is 11.0. The molecule has 0 saturated carbocycles. The van der Waals surface area contributed by atoms with E-state index >= 15 is 0 Å². The van der Waals surface area contributed by atoms with Crippen molar-refractivity contribution in [3.8, 4) is 0 Å². The molecule has 0 amide bonds. The number of nitrogens with one attached hydrogen (secondary N) is 1. The maximum absolute atomic E-state index is 11.0. The predicted octanol–water partition coefficient (Wildman–Crippen LogP) is 1.61. The first-order valence-electron chi connectivity index (χ1n) is 4.37. The summed E-state index contributed by atoms with van der Waals surface area (Å²) in [7, 11) is -3.22. The van der Waals surface area contributed by atoms with Gasteiger partial charge in [-0.1, -0.05) is 6.07 Å². The Kier molecular flexibility index (Phi) is 2.32. The number of anilines is 1. The normalized spacial score (nSPS) is 11.5. The van der Waals surface area contributed by atoms with Gasteiger partial charge in [0.15, 0.2) is 0 Å². The topological polar surface area (TPSA) is 59.1 Å². The van der Waals surface area contributed by atoms with Crippen molar-refractivity contribution in [3.63, 3.8) is 0 Å². The zero-order valence-corrected chi connectivity index (χ0v) is 8.95. The molecule has 4 nitrogen and oxygen atoms in total. The number of aromatic nitrogens is 1. The second-order valence-electron chi connectivity index (χ2n) is 3.29. The van der Waals surface area contributed by atoms with E-state index in [-0.39, 0.29) is 0 Å². The summed E-state index contributed by atoms with van der Waals surface area (Å²) in [5.74, 6) is 0. The molecular formula is C10H10N2O2S. The zero-order valence-electron chi connectivity index (χ0n) is 8.14. The lowest BCUT2D eigenvalue weighted by Crippen LogP contribution is -2.09. The highest BCUT2D eigenvalue weighted by atomic mass is 32.2. The number of sulfonamides is 1. The van der Waals surface area contributed by atoms with Gasteiger partial charge in [-0.2, -0.15) is 0 Å². The van der Waals surface area contributed by atoms with E-state index < -0.39 is 10.0 Å². The number of benzene rings is 1. The quantitative estimate of drug-likeness (QED) is 0.839. The van der Waals surface area contributed by atoms with Crippen molar-refractivity contribution in [3.05, 3.63) is 36.5 Å². The van der Waals surface area contributed by atoms with Crippen LogP contribution in [0.2, 0.25) is 0 Å². The summed E-state index contributed by atoms with van der Waals surface area (Å²) in [6.07, 6.45) is 2.83. The van der Waals surface area contributed by atoms with E-state index in [1.54, 1.807) is 24.4 Å². The molecule has 78 valence electrons. The minimum Gasteiger partial charge on any atom is -0.284 e. The van der Waals surface area contributed by atoms with Gasteiger partial charge in [0.25, 0.3) is 0 Å². The van der Waals surface area contributed by atoms with E-state index in [0.29, 0.717) is 5.69 Å². The second kappa shape index (κ2) is 3.51. The molecule has 0 aliphatic rings. The third kappa shape index (κ3) is 2.44. The van der Waals surface area contributed by atoms with Crippen LogP contribution in [0.5, 0.6) is 0 Å². The van der Waals surface area contributed by atoms with Crippen molar-refractivity contribution < 1.29 is 8.42 Å². The Labute approximate surface area is 88.0 Å². The number of nitrogens with zero attached hydrogens (tertiary/aromatic N) is 1. The van der Waals surface area contributed by atoms with Gasteiger partial charge in [-0.3, -0.25) is 9.71 Å². The van der Waals surface area contributed by atoms with Crippen LogP contribution in [0, 0.1) is 0 Å². The fourth-order valence-corrected chi connectivity index (χ4v) is 1.91. The van der Waals surface area contributed by atoms with Crippen LogP contribution in [0.4, 0.5) is 5.69 Å². The van der Waals surface area contributed by atoms with Gasteiger partial charge in [0.2, 0.25) is 10.0 Å². The van der Waals surface area contributed by atoms with Gasteiger partial charge >= 0.3 is 0 Å². The van der Waals surface area contributed by atoms with E-state index in [2.05, 4.69) is 9.71 Å². The maximum Gasteiger partial charge on any atom is 0.229 e. The fourth-order valence-electron chi connectivity index (χ4n) is 1.35. The Bertz CT molecular complexity index is 593. The summed E-state index contributed by atoms with van der Waals surface area (Å²) in [6.45, 7) is 0. The van der Waals surface area contributed by atoms with Crippen LogP contribution in [0.25, 0.3) is 10.9 Å². The van der Waals surface area contributed by atoms with Gasteiger partial charge in [0, 0.05) is 17.3 Å². The van der Waals surface area contributed by atoms with Crippen molar-refractivity contribution in [1.82, 2.24) is 4.98 Å². The molecule has 0 aliphatic carbocycles. The summed E-state index contributed by atoms with van der Waals surface area (Å²) < 4.78 is 24.4. The summed E-state index contributed by atoms with van der Waals surface area (Å²) >= 11 is 0. The minimum absolute atomic E-state index is 0.554. The SMILES string of the molecule is CS(=O)(=O)Nc1ccc2ncccc2c1. The van der Waals surface area contributed by atoms with Crippen LogP contribution >= 0.6 is 0 Å². The molecule has 0 fully saturated rings. The molecule has 0 radical (unpaired) electrons. The first-order chi connectivity index (χ1) is 7.04. The fraction of sp³-hybridized carbons (Fsp3) is 0.100. The molecule has 2 aromatic rings. The highest BCUT2D eigenvalue weighted by Gasteiger charge is 2.02. The van der Waals surface area contributed by atoms with Crippen LogP contribution in [0.3, 0.4) is 0 Å². The van der Waals surface area contributed by atoms with Gasteiger partial charge in [-0.05, 0) is 24.3 Å². The smallest absolute Gasteiger partial charge is 0.229 e. The second-order valence-corrected chi connectivity index (χ2v) is 5.03. The minimum atomic E-state index is -3.22. The third-order valence-electron chi connectivity index (χ3n) is 1.91. The molecule has 0 spiro atoms. The monoisotopic (exact) mass is 222 g/mol. The Balaban J connectivity index is 2.48. The van der Waals surface area contributed by atoms with Crippen LogP contribution in [-0.4, -0.2) is 19.7 Å². The molecule has 5 heteroatoms. The van der Waals surface area contributed by atoms with E-state index in [0.717, 1.165) is 17.2 Å². The van der Waals surface area contributed by atoms with Crippen LogP contribution in [-0.2, 0) is 10.0 Å². The summed E-state index contributed by atoms with van der Waals surface area (Å²) in [5, 5.41) is 0.908. The lowest BCUT2D eigenvalue weighted by atomic mass is 10.2. The molecular weight excluding hydrogens is 212 g/mol. The molecule has 0 unspecified atom stereocenters. The van der Waals surface area contributed by atoms with Crippen molar-refractivity contribution >= 4 is 26.6 Å². The zero-order chi connectivity index (χ0) is 10.9. The van der Waals surface area contributed by atoms with E-state index in [4.69, 9.17) is 0 Å². The highest BCUT2D eigenvalue weighted by Crippen LogP contribution is 2.17. The molecule has 0 saturated heterocycles. The van der Waals surface area contributed by atoms with E-state index in [9.17, 15) is 8.42 Å². The summed E-state index contributed by atoms with van der Waals surface area (Å²) in [5.41, 5.74) is 1.40. The molecule has 15 heavy (non-hydrogen) atoms. The van der Waals surface area contributed by atoms with Crippen LogP contribution < -0.4 is 4.72 Å². The molecule has 0 bridgehead atoms. The molecule has 1 N–H and O–H groups in total. The Hall–Kier alpha value is -1.62. The molecule has 0 aliphatic heterocycles. The molecule has 0 atom stereocenters. The summed E-state index contributed by atoms with van der Waals surface area (Å²) in [6, 6.07) is 8.92. The first kappa shape index (κ1) is 9.92. The Morgan fingerprint density at radius 3 is 2.80 bits per heavy atom. The lowest BCUT2D eigenvalue weighted by molar-refractivity contribution is 0.607. The first-order valence-corrected chi connectivity index (χ1v) is 6.26. The molecule has 1 heterocycles. The predicted molar refractivity (Wildman–Crippen MR) is 60.2 cm³/mol. The molecule has 1 aromatic heterocycles. The van der Waals surface area contributed by atoms with Crippen molar-refractivity contribution in [2.24, 2.45) is 0 Å². The molecule has 2 rings (SSSR count). The number of hydrogen-bond donors (Lipinski definition) is 1. The number of fused-ring (bicyclic) bond motifs is 1. The van der Waals surface area contributed by atoms with Crippen LogP contribution in [0.1, 0.15) is 0 Å². The van der Waals surface area contributed by atoms with Crippen molar-refractivity contribution in [2.45, 2.75) is 0 Å². The van der Waals surface area contributed by atoms with Crippen molar-refractivity contribution in [1.29, 1.82) is 0 Å². The van der Waals surface area contributed by atoms with Gasteiger partial charge in [0.1, 0.15) is 0 Å². The summed E-state index contributed by atoms with van der Waals surface area (Å²) in [4.78, 5) is 4.14. The van der Waals surface area contributed by atoms with Gasteiger partial charge in [-0.15, -0.1) is 0 Å². The van der Waals surface area contributed by atoms with E-state index in [1.165, 1.54) is 0 Å². The third-order valence-corrected chi connectivity index (χ3v) is 2.51. The number of hydrogen-bond acceptors (Lipinski definition) is 3. The standard InChI is InChI=1S/C10H10N2O2S/c1-15(13,14)12-9-4-5-10-8(7-9)3-2-6-11-10/h2-7,12H,1H3. The van der Waals surface area contributed by atoms with Gasteiger partial charge in [-0.25, -0.2) is 8.42 Å². The largest absolute Gasteiger partial charge is 0.284 e.